The van der Waals surface area contributed by atoms with E-state index in [1.165, 1.54) is 6.07 Å². The van der Waals surface area contributed by atoms with E-state index >= 15 is 0 Å². The molecule has 0 amide bonds. The minimum absolute atomic E-state index is 0.319. The van der Waals surface area contributed by atoms with Crippen LogP contribution in [0.25, 0.3) is 5.78 Å². The number of aryl methyl sites for hydroxylation is 2. The van der Waals surface area contributed by atoms with Crippen LogP contribution >= 0.6 is 23.8 Å². The van der Waals surface area contributed by atoms with Crippen LogP contribution in [0.15, 0.2) is 18.2 Å². The summed E-state index contributed by atoms with van der Waals surface area (Å²) in [6, 6.07) is 4.68. The molecule has 0 spiro atoms. The van der Waals surface area contributed by atoms with Gasteiger partial charge in [-0.25, -0.2) is 13.9 Å². The number of fused-ring (bicyclic) bond motifs is 1. The van der Waals surface area contributed by atoms with Gasteiger partial charge in [-0.2, -0.15) is 4.98 Å². The maximum absolute atomic E-state index is 14.0. The highest BCUT2D eigenvalue weighted by atomic mass is 35.5. The fourth-order valence-electron chi connectivity index (χ4n) is 2.37. The molecule has 0 unspecified atom stereocenters. The second kappa shape index (κ2) is 5.20. The Hall–Kier alpha value is -1.79. The van der Waals surface area contributed by atoms with E-state index in [2.05, 4.69) is 15.1 Å². The Bertz CT molecular complexity index is 880. The summed E-state index contributed by atoms with van der Waals surface area (Å²) in [6.45, 7) is 3.79. The summed E-state index contributed by atoms with van der Waals surface area (Å²) in [6.07, 6.45) is 0.366. The molecule has 108 valence electrons. The average molecular weight is 323 g/mol. The highest BCUT2D eigenvalue weighted by Gasteiger charge is 2.15. The third-order valence-electron chi connectivity index (χ3n) is 3.50. The van der Waals surface area contributed by atoms with Crippen LogP contribution in [0.5, 0.6) is 0 Å². The Morgan fingerprint density at radius 2 is 2.05 bits per heavy atom. The van der Waals surface area contributed by atoms with Gasteiger partial charge in [0.25, 0.3) is 5.78 Å². The molecule has 0 aliphatic carbocycles. The van der Waals surface area contributed by atoms with Crippen molar-refractivity contribution in [2.24, 2.45) is 0 Å². The van der Waals surface area contributed by atoms with Gasteiger partial charge < -0.3 is 0 Å². The molecule has 21 heavy (non-hydrogen) atoms. The van der Waals surface area contributed by atoms with E-state index in [1.54, 1.807) is 16.6 Å². The van der Waals surface area contributed by atoms with Crippen molar-refractivity contribution in [2.75, 3.05) is 0 Å². The summed E-state index contributed by atoms with van der Waals surface area (Å²) in [5, 5.41) is 3.35. The summed E-state index contributed by atoms with van der Waals surface area (Å²) < 4.78 is 16.0. The van der Waals surface area contributed by atoms with Gasteiger partial charge in [-0.15, -0.1) is 0 Å². The molecule has 1 aromatic carbocycles. The van der Waals surface area contributed by atoms with Crippen LogP contribution in [0.1, 0.15) is 22.5 Å². The number of benzene rings is 1. The van der Waals surface area contributed by atoms with Gasteiger partial charge in [0, 0.05) is 28.4 Å². The standard InChI is InChI=1S/C14H12ClFN4S/c1-7-9(6-10-11(15)4-3-5-12(10)16)8(2)20-13(17-7)18-14(21)19-20/h3-5H,6H2,1-2H3,(H,19,21). The lowest BCUT2D eigenvalue weighted by molar-refractivity contribution is 0.613. The SMILES string of the molecule is Cc1nc2nc(=S)[nH]n2c(C)c1Cc1c(F)cccc1Cl. The monoisotopic (exact) mass is 322 g/mol. The van der Waals surface area contributed by atoms with Crippen LogP contribution < -0.4 is 0 Å². The van der Waals surface area contributed by atoms with Crippen molar-refractivity contribution in [1.29, 1.82) is 0 Å². The number of nitrogens with one attached hydrogen (secondary N) is 1. The van der Waals surface area contributed by atoms with Gasteiger partial charge in [-0.3, -0.25) is 5.10 Å². The maximum atomic E-state index is 14.0. The molecule has 7 heteroatoms. The molecule has 3 rings (SSSR count). The third kappa shape index (κ3) is 2.45. The van der Waals surface area contributed by atoms with Crippen molar-refractivity contribution in [2.45, 2.75) is 20.3 Å². The fourth-order valence-corrected chi connectivity index (χ4v) is 2.77. The number of aromatic amines is 1. The van der Waals surface area contributed by atoms with E-state index < -0.39 is 0 Å². The summed E-state index contributed by atoms with van der Waals surface area (Å²) in [4.78, 5) is 8.53. The van der Waals surface area contributed by atoms with Gasteiger partial charge in [-0.1, -0.05) is 17.7 Å². The number of hydrogen-bond donors (Lipinski definition) is 1. The first kappa shape index (κ1) is 14.2. The predicted molar refractivity (Wildman–Crippen MR) is 81.9 cm³/mol. The Balaban J connectivity index is 2.19. The number of hydrogen-bond acceptors (Lipinski definition) is 3. The van der Waals surface area contributed by atoms with E-state index in [4.69, 9.17) is 23.8 Å². The summed E-state index contributed by atoms with van der Waals surface area (Å²) in [5.41, 5.74) is 3.04. The molecule has 3 aromatic rings. The third-order valence-corrected chi connectivity index (χ3v) is 4.04. The van der Waals surface area contributed by atoms with Gasteiger partial charge in [0.1, 0.15) is 5.82 Å². The highest BCUT2D eigenvalue weighted by molar-refractivity contribution is 7.71. The molecule has 0 radical (unpaired) electrons. The number of H-pyrrole nitrogens is 1. The molecular formula is C14H12ClFN4S. The zero-order valence-electron chi connectivity index (χ0n) is 11.4. The molecule has 0 saturated carbocycles. The van der Waals surface area contributed by atoms with Crippen LogP contribution in [-0.4, -0.2) is 19.6 Å². The fraction of sp³-hybridized carbons (Fsp3) is 0.214. The van der Waals surface area contributed by atoms with Crippen LogP contribution in [0, 0.1) is 24.4 Å². The maximum Gasteiger partial charge on any atom is 0.252 e. The molecule has 2 heterocycles. The molecule has 0 saturated heterocycles. The van der Waals surface area contributed by atoms with Gasteiger partial charge in [-0.05, 0) is 43.8 Å². The number of aromatic nitrogens is 4. The molecule has 0 fully saturated rings. The Morgan fingerprint density at radius 1 is 1.29 bits per heavy atom. The van der Waals surface area contributed by atoms with Gasteiger partial charge >= 0.3 is 0 Å². The molecule has 0 aliphatic rings. The predicted octanol–water partition coefficient (Wildman–Crippen LogP) is 3.79. The lowest BCUT2D eigenvalue weighted by Gasteiger charge is -2.12. The highest BCUT2D eigenvalue weighted by Crippen LogP contribution is 2.25. The first-order valence-electron chi connectivity index (χ1n) is 6.35. The van der Waals surface area contributed by atoms with Crippen molar-refractivity contribution in [3.8, 4) is 0 Å². The summed E-state index contributed by atoms with van der Waals surface area (Å²) in [7, 11) is 0. The van der Waals surface area contributed by atoms with Gasteiger partial charge in [0.15, 0.2) is 0 Å². The molecule has 4 nitrogen and oxygen atoms in total. The molecule has 0 bridgehead atoms. The first-order valence-corrected chi connectivity index (χ1v) is 7.13. The minimum atomic E-state index is -0.319. The van der Waals surface area contributed by atoms with Crippen molar-refractivity contribution in [3.05, 3.63) is 56.3 Å². The molecule has 2 aromatic heterocycles. The second-order valence-electron chi connectivity index (χ2n) is 4.80. The summed E-state index contributed by atoms with van der Waals surface area (Å²) in [5.74, 6) is 0.193. The first-order chi connectivity index (χ1) is 9.97. The lowest BCUT2D eigenvalue weighted by Crippen LogP contribution is -2.07. The van der Waals surface area contributed by atoms with E-state index in [-0.39, 0.29) is 5.82 Å². The van der Waals surface area contributed by atoms with E-state index in [0.29, 0.717) is 27.6 Å². The number of halogens is 2. The zero-order chi connectivity index (χ0) is 15.1. The Kier molecular flexibility index (Phi) is 3.51. The van der Waals surface area contributed by atoms with Crippen LogP contribution in [0.4, 0.5) is 4.39 Å². The molecule has 1 N–H and O–H groups in total. The van der Waals surface area contributed by atoms with E-state index in [9.17, 15) is 4.39 Å². The normalized spacial score (nSPS) is 11.2. The van der Waals surface area contributed by atoms with Gasteiger partial charge in [0.2, 0.25) is 4.77 Å². The lowest BCUT2D eigenvalue weighted by atomic mass is 10.0. The van der Waals surface area contributed by atoms with Gasteiger partial charge in [0.05, 0.1) is 0 Å². The number of rotatable bonds is 2. The van der Waals surface area contributed by atoms with E-state index in [0.717, 1.165) is 17.0 Å². The number of nitrogens with zero attached hydrogens (tertiary/aromatic N) is 3. The largest absolute Gasteiger partial charge is 0.265 e. The van der Waals surface area contributed by atoms with Crippen molar-refractivity contribution >= 4 is 29.6 Å². The topological polar surface area (TPSA) is 46.0 Å². The van der Waals surface area contributed by atoms with Crippen LogP contribution in [0.3, 0.4) is 0 Å². The molecule has 0 aliphatic heterocycles. The Morgan fingerprint density at radius 3 is 2.76 bits per heavy atom. The van der Waals surface area contributed by atoms with Crippen molar-refractivity contribution in [1.82, 2.24) is 19.6 Å². The second-order valence-corrected chi connectivity index (χ2v) is 5.60. The molecular weight excluding hydrogens is 311 g/mol. The zero-order valence-corrected chi connectivity index (χ0v) is 13.0. The molecule has 0 atom stereocenters. The quantitative estimate of drug-likeness (QED) is 0.730. The van der Waals surface area contributed by atoms with E-state index in [1.807, 2.05) is 13.8 Å². The van der Waals surface area contributed by atoms with Crippen molar-refractivity contribution in [3.63, 3.8) is 0 Å². The average Bonchev–Trinajstić information content (AvgIpc) is 2.78. The van der Waals surface area contributed by atoms with Crippen LogP contribution in [-0.2, 0) is 6.42 Å². The Labute approximate surface area is 130 Å². The minimum Gasteiger partial charge on any atom is -0.265 e. The summed E-state index contributed by atoms with van der Waals surface area (Å²) >= 11 is 11.1. The van der Waals surface area contributed by atoms with Crippen LogP contribution in [0.2, 0.25) is 5.02 Å². The smallest absolute Gasteiger partial charge is 0.252 e. The van der Waals surface area contributed by atoms with Crippen molar-refractivity contribution < 1.29 is 4.39 Å².